The van der Waals surface area contributed by atoms with Crippen LogP contribution in [0.15, 0.2) is 46.2 Å². The summed E-state index contributed by atoms with van der Waals surface area (Å²) in [5.74, 6) is -2.72. The molecule has 0 radical (unpaired) electrons. The topological polar surface area (TPSA) is 127 Å². The fraction of sp³-hybridized carbons (Fsp3) is 0.300. The number of hydrogen-bond donors (Lipinski definition) is 2. The molecule has 8 nitrogen and oxygen atoms in total. The summed E-state index contributed by atoms with van der Waals surface area (Å²) in [5, 5.41) is 20.1. The van der Waals surface area contributed by atoms with Gasteiger partial charge in [0.2, 0.25) is 9.84 Å². The van der Waals surface area contributed by atoms with E-state index in [0.29, 0.717) is 12.8 Å². The first-order valence-corrected chi connectivity index (χ1v) is 10.5. The standard InChI is InChI=1S/C20H22O8S/c1-3-9-27-19(23)13-5-7-15(21)17(11-13)29(25,26)18-12-14(6-8-16(18)22)20(24)28-10-4-2/h5-8,11-12,21-22H,3-4,9-10H2,1-2H3. The van der Waals surface area contributed by atoms with Crippen molar-refractivity contribution in [3.8, 4) is 11.5 Å². The van der Waals surface area contributed by atoms with Gasteiger partial charge in [-0.15, -0.1) is 0 Å². The summed E-state index contributed by atoms with van der Waals surface area (Å²) in [6.45, 7) is 3.93. The Labute approximate surface area is 168 Å². The highest BCUT2D eigenvalue weighted by Gasteiger charge is 2.27. The Kier molecular flexibility index (Phi) is 7.22. The van der Waals surface area contributed by atoms with E-state index in [2.05, 4.69) is 0 Å². The zero-order valence-electron chi connectivity index (χ0n) is 16.0. The number of sulfone groups is 1. The molecule has 0 amide bonds. The Morgan fingerprint density at radius 3 is 1.52 bits per heavy atom. The first-order chi connectivity index (χ1) is 13.7. The third-order valence-electron chi connectivity index (χ3n) is 3.84. The van der Waals surface area contributed by atoms with Gasteiger partial charge in [-0.3, -0.25) is 0 Å². The molecule has 0 saturated carbocycles. The van der Waals surface area contributed by atoms with Gasteiger partial charge < -0.3 is 19.7 Å². The Balaban J connectivity index is 2.50. The van der Waals surface area contributed by atoms with Crippen LogP contribution in [0.4, 0.5) is 0 Å². The molecule has 0 aliphatic carbocycles. The number of phenols is 2. The molecule has 2 N–H and O–H groups in total. The first-order valence-electron chi connectivity index (χ1n) is 8.97. The van der Waals surface area contributed by atoms with Crippen molar-refractivity contribution in [2.24, 2.45) is 0 Å². The second kappa shape index (κ2) is 9.42. The lowest BCUT2D eigenvalue weighted by Crippen LogP contribution is -2.10. The fourth-order valence-electron chi connectivity index (χ4n) is 2.39. The van der Waals surface area contributed by atoms with E-state index in [-0.39, 0.29) is 24.3 Å². The van der Waals surface area contributed by atoms with Crippen molar-refractivity contribution < 1.29 is 37.7 Å². The Hall–Kier alpha value is -3.07. The predicted molar refractivity (Wildman–Crippen MR) is 103 cm³/mol. The van der Waals surface area contributed by atoms with Crippen LogP contribution in [0.1, 0.15) is 47.4 Å². The minimum Gasteiger partial charge on any atom is -0.507 e. The Morgan fingerprint density at radius 1 is 0.793 bits per heavy atom. The lowest BCUT2D eigenvalue weighted by molar-refractivity contribution is 0.0495. The van der Waals surface area contributed by atoms with Crippen LogP contribution in [0, 0.1) is 0 Å². The smallest absolute Gasteiger partial charge is 0.338 e. The third-order valence-corrected chi connectivity index (χ3v) is 5.66. The quantitative estimate of drug-likeness (QED) is 0.622. The zero-order chi connectivity index (χ0) is 21.6. The molecule has 2 rings (SSSR count). The number of phenolic OH excluding ortho intramolecular Hbond substituents is 2. The number of aromatic hydroxyl groups is 2. The number of ether oxygens (including phenoxy) is 2. The molecule has 0 aliphatic rings. The maximum Gasteiger partial charge on any atom is 0.338 e. The van der Waals surface area contributed by atoms with Crippen molar-refractivity contribution in [3.05, 3.63) is 47.5 Å². The molecule has 0 fully saturated rings. The van der Waals surface area contributed by atoms with Crippen LogP contribution in [-0.4, -0.2) is 43.8 Å². The van der Waals surface area contributed by atoms with Gasteiger partial charge in [0.25, 0.3) is 0 Å². The molecule has 29 heavy (non-hydrogen) atoms. The number of benzene rings is 2. The maximum atomic E-state index is 13.0. The van der Waals surface area contributed by atoms with Gasteiger partial charge in [-0.25, -0.2) is 18.0 Å². The largest absolute Gasteiger partial charge is 0.507 e. The molecule has 0 bridgehead atoms. The molecular weight excluding hydrogens is 400 g/mol. The van der Waals surface area contributed by atoms with E-state index in [1.165, 1.54) is 12.1 Å². The highest BCUT2D eigenvalue weighted by molar-refractivity contribution is 7.91. The monoisotopic (exact) mass is 422 g/mol. The molecule has 0 atom stereocenters. The molecule has 0 heterocycles. The number of rotatable bonds is 8. The SMILES string of the molecule is CCCOC(=O)c1ccc(O)c(S(=O)(=O)c2cc(C(=O)OCCC)ccc2O)c1. The van der Waals surface area contributed by atoms with E-state index in [4.69, 9.17) is 9.47 Å². The predicted octanol–water partition coefficient (Wildman–Crippen LogP) is 3.06. The molecule has 0 saturated heterocycles. The van der Waals surface area contributed by atoms with Gasteiger partial charge in [-0.05, 0) is 49.2 Å². The average molecular weight is 422 g/mol. The van der Waals surface area contributed by atoms with Crippen molar-refractivity contribution in [2.75, 3.05) is 13.2 Å². The van der Waals surface area contributed by atoms with Crippen molar-refractivity contribution in [1.82, 2.24) is 0 Å². The highest BCUT2D eigenvalue weighted by Crippen LogP contribution is 2.34. The second-order valence-electron chi connectivity index (χ2n) is 6.14. The van der Waals surface area contributed by atoms with Gasteiger partial charge in [0, 0.05) is 0 Å². The van der Waals surface area contributed by atoms with E-state index in [1.54, 1.807) is 13.8 Å². The summed E-state index contributed by atoms with van der Waals surface area (Å²) in [6, 6.07) is 6.47. The fourth-order valence-corrected chi connectivity index (χ4v) is 3.88. The molecule has 2 aromatic carbocycles. The van der Waals surface area contributed by atoms with E-state index in [9.17, 15) is 28.2 Å². The summed E-state index contributed by atoms with van der Waals surface area (Å²) in [4.78, 5) is 22.9. The number of carbonyl (C=O) groups excluding carboxylic acids is 2. The van der Waals surface area contributed by atoms with Gasteiger partial charge in [-0.1, -0.05) is 13.8 Å². The molecule has 0 spiro atoms. The van der Waals surface area contributed by atoms with Gasteiger partial charge in [0.1, 0.15) is 21.3 Å². The summed E-state index contributed by atoms with van der Waals surface area (Å²) >= 11 is 0. The molecular formula is C20H22O8S. The Morgan fingerprint density at radius 2 is 1.17 bits per heavy atom. The molecule has 0 aromatic heterocycles. The average Bonchev–Trinajstić information content (AvgIpc) is 2.70. The number of esters is 2. The summed E-state index contributed by atoms with van der Waals surface area (Å²) in [6.07, 6.45) is 1.17. The van der Waals surface area contributed by atoms with Gasteiger partial charge in [-0.2, -0.15) is 0 Å². The molecule has 2 aromatic rings. The van der Waals surface area contributed by atoms with Crippen molar-refractivity contribution in [3.63, 3.8) is 0 Å². The zero-order valence-corrected chi connectivity index (χ0v) is 16.9. The number of carbonyl (C=O) groups is 2. The molecule has 9 heteroatoms. The minimum absolute atomic E-state index is 0.0761. The Bertz CT molecular complexity index is 936. The normalized spacial score (nSPS) is 11.1. The summed E-state index contributed by atoms with van der Waals surface area (Å²) in [7, 11) is -4.47. The van der Waals surface area contributed by atoms with Gasteiger partial charge in [0.05, 0.1) is 24.3 Å². The highest BCUT2D eigenvalue weighted by atomic mass is 32.2. The lowest BCUT2D eigenvalue weighted by Gasteiger charge is -2.11. The van der Waals surface area contributed by atoms with E-state index in [0.717, 1.165) is 24.3 Å². The van der Waals surface area contributed by atoms with E-state index in [1.807, 2.05) is 0 Å². The third kappa shape index (κ3) is 5.05. The maximum absolute atomic E-state index is 13.0. The lowest BCUT2D eigenvalue weighted by atomic mass is 10.2. The van der Waals surface area contributed by atoms with Crippen LogP contribution in [0.3, 0.4) is 0 Å². The summed E-state index contributed by atoms with van der Waals surface area (Å²) < 4.78 is 36.0. The van der Waals surface area contributed by atoms with Crippen molar-refractivity contribution >= 4 is 21.8 Å². The minimum atomic E-state index is -4.47. The van der Waals surface area contributed by atoms with Crippen molar-refractivity contribution in [1.29, 1.82) is 0 Å². The molecule has 156 valence electrons. The van der Waals surface area contributed by atoms with Crippen molar-refractivity contribution in [2.45, 2.75) is 36.5 Å². The number of hydrogen-bond acceptors (Lipinski definition) is 8. The van der Waals surface area contributed by atoms with Gasteiger partial charge >= 0.3 is 11.9 Å². The van der Waals surface area contributed by atoms with Crippen LogP contribution < -0.4 is 0 Å². The van der Waals surface area contributed by atoms with Crippen LogP contribution in [0.25, 0.3) is 0 Å². The second-order valence-corrected chi connectivity index (χ2v) is 8.03. The van der Waals surface area contributed by atoms with E-state index >= 15 is 0 Å². The van der Waals surface area contributed by atoms with E-state index < -0.39 is 43.1 Å². The van der Waals surface area contributed by atoms with Crippen LogP contribution in [-0.2, 0) is 19.3 Å². The van der Waals surface area contributed by atoms with Crippen LogP contribution in [0.5, 0.6) is 11.5 Å². The summed E-state index contributed by atoms with van der Waals surface area (Å²) in [5.41, 5.74) is -0.152. The van der Waals surface area contributed by atoms with Gasteiger partial charge in [0.15, 0.2) is 0 Å². The first kappa shape index (κ1) is 22.2. The van der Waals surface area contributed by atoms with Crippen LogP contribution in [0.2, 0.25) is 0 Å². The van der Waals surface area contributed by atoms with Crippen LogP contribution >= 0.6 is 0 Å². The molecule has 0 aliphatic heterocycles. The molecule has 0 unspecified atom stereocenters.